The minimum atomic E-state index is -0.259. The van der Waals surface area contributed by atoms with Crippen molar-refractivity contribution in [1.29, 1.82) is 0 Å². The first-order valence-electron chi connectivity index (χ1n) is 5.49. The molecule has 0 aliphatic rings. The lowest BCUT2D eigenvalue weighted by molar-refractivity contribution is 0.627. The van der Waals surface area contributed by atoms with Gasteiger partial charge in [-0.15, -0.1) is 0 Å². The minimum Gasteiger partial charge on any atom is -0.207 e. The summed E-state index contributed by atoms with van der Waals surface area (Å²) in [4.78, 5) is 0. The number of hydrogen-bond donors (Lipinski definition) is 0. The Hall–Kier alpha value is -1.31. The molecule has 2 aromatic rings. The van der Waals surface area contributed by atoms with Crippen molar-refractivity contribution >= 4 is 28.8 Å². The van der Waals surface area contributed by atoms with Gasteiger partial charge in [0.25, 0.3) is 0 Å². The Morgan fingerprint density at radius 3 is 2.33 bits per heavy atom. The van der Waals surface area contributed by atoms with Crippen LogP contribution in [0.4, 0.5) is 4.39 Å². The van der Waals surface area contributed by atoms with Gasteiger partial charge < -0.3 is 0 Å². The number of rotatable bonds is 3. The van der Waals surface area contributed by atoms with Crippen LogP contribution in [0.3, 0.4) is 0 Å². The second-order valence-electron chi connectivity index (χ2n) is 3.91. The van der Waals surface area contributed by atoms with Crippen molar-refractivity contribution in [3.05, 3.63) is 76.0 Å². The molecule has 2 rings (SSSR count). The molecule has 0 fully saturated rings. The summed E-state index contributed by atoms with van der Waals surface area (Å²) >= 11 is 12.0. The van der Waals surface area contributed by atoms with Crippen LogP contribution in [0.5, 0.6) is 0 Å². The molecule has 92 valence electrons. The summed E-state index contributed by atoms with van der Waals surface area (Å²) < 4.78 is 12.9. The predicted molar refractivity (Wildman–Crippen MR) is 75.4 cm³/mol. The van der Waals surface area contributed by atoms with E-state index in [2.05, 4.69) is 0 Å². The van der Waals surface area contributed by atoms with E-state index < -0.39 is 0 Å². The van der Waals surface area contributed by atoms with E-state index in [0.717, 1.165) is 16.7 Å². The highest BCUT2D eigenvalue weighted by Crippen LogP contribution is 2.25. The van der Waals surface area contributed by atoms with Gasteiger partial charge >= 0.3 is 0 Å². The van der Waals surface area contributed by atoms with Gasteiger partial charge in [0, 0.05) is 17.0 Å². The highest BCUT2D eigenvalue weighted by atomic mass is 35.5. The maximum absolute atomic E-state index is 12.9. The van der Waals surface area contributed by atoms with Crippen molar-refractivity contribution in [2.24, 2.45) is 0 Å². The average Bonchev–Trinajstić information content (AvgIpc) is 2.39. The molecule has 3 heteroatoms. The summed E-state index contributed by atoms with van der Waals surface area (Å²) in [7, 11) is 0. The van der Waals surface area contributed by atoms with Crippen LogP contribution in [0.1, 0.15) is 11.1 Å². The molecule has 0 radical (unpaired) electrons. The van der Waals surface area contributed by atoms with E-state index in [-0.39, 0.29) is 5.82 Å². The molecule has 0 atom stereocenters. The van der Waals surface area contributed by atoms with Crippen LogP contribution in [-0.2, 0) is 6.42 Å². The Bertz CT molecular complexity index is 559. The van der Waals surface area contributed by atoms with E-state index in [4.69, 9.17) is 23.2 Å². The van der Waals surface area contributed by atoms with Crippen LogP contribution in [0, 0.1) is 5.82 Å². The van der Waals surface area contributed by atoms with Crippen molar-refractivity contribution < 1.29 is 4.39 Å². The summed E-state index contributed by atoms with van der Waals surface area (Å²) in [6, 6.07) is 13.9. The van der Waals surface area contributed by atoms with Crippen molar-refractivity contribution in [1.82, 2.24) is 0 Å². The fourth-order valence-electron chi connectivity index (χ4n) is 1.71. The lowest BCUT2D eigenvalue weighted by Crippen LogP contribution is -1.91. The quantitative estimate of drug-likeness (QED) is 0.716. The van der Waals surface area contributed by atoms with Gasteiger partial charge in [-0.05, 0) is 34.9 Å². The van der Waals surface area contributed by atoms with Gasteiger partial charge in [-0.1, -0.05) is 53.5 Å². The summed E-state index contributed by atoms with van der Waals surface area (Å²) in [6.45, 7) is 0. The Morgan fingerprint density at radius 2 is 1.72 bits per heavy atom. The smallest absolute Gasteiger partial charge is 0.123 e. The zero-order valence-corrected chi connectivity index (χ0v) is 11.0. The molecule has 0 spiro atoms. The molecule has 0 heterocycles. The monoisotopic (exact) mass is 280 g/mol. The van der Waals surface area contributed by atoms with Crippen molar-refractivity contribution in [3.8, 4) is 0 Å². The first-order valence-corrected chi connectivity index (χ1v) is 6.31. The third-order valence-electron chi connectivity index (χ3n) is 2.69. The Balaban J connectivity index is 2.26. The standard InChI is InChI=1S/C15H11Cl2F/c16-10-13(11-5-7-14(18)8-6-11)9-12-3-1-2-4-15(12)17/h1-8,10H,9H2. The van der Waals surface area contributed by atoms with E-state index in [1.54, 1.807) is 12.1 Å². The summed E-state index contributed by atoms with van der Waals surface area (Å²) in [5.41, 5.74) is 4.31. The van der Waals surface area contributed by atoms with Gasteiger partial charge in [-0.3, -0.25) is 0 Å². The van der Waals surface area contributed by atoms with Crippen molar-refractivity contribution in [2.45, 2.75) is 6.42 Å². The van der Waals surface area contributed by atoms with Gasteiger partial charge in [-0.2, -0.15) is 0 Å². The molecule has 0 amide bonds. The molecule has 0 saturated heterocycles. The predicted octanol–water partition coefficient (Wildman–Crippen LogP) is 5.30. The Labute approximate surface area is 116 Å². The van der Waals surface area contributed by atoms with Crippen molar-refractivity contribution in [2.75, 3.05) is 0 Å². The number of hydrogen-bond acceptors (Lipinski definition) is 0. The van der Waals surface area contributed by atoms with E-state index in [1.807, 2.05) is 24.3 Å². The van der Waals surface area contributed by atoms with Gasteiger partial charge in [0.2, 0.25) is 0 Å². The van der Waals surface area contributed by atoms with Crippen LogP contribution >= 0.6 is 23.2 Å². The van der Waals surface area contributed by atoms with Crippen LogP contribution in [0.25, 0.3) is 5.57 Å². The van der Waals surface area contributed by atoms with E-state index >= 15 is 0 Å². The molecule has 0 nitrogen and oxygen atoms in total. The summed E-state index contributed by atoms with van der Waals surface area (Å²) in [5.74, 6) is -0.259. The van der Waals surface area contributed by atoms with Crippen LogP contribution in [-0.4, -0.2) is 0 Å². The molecule has 0 saturated carbocycles. The van der Waals surface area contributed by atoms with Crippen LogP contribution < -0.4 is 0 Å². The van der Waals surface area contributed by atoms with Crippen LogP contribution in [0.15, 0.2) is 54.1 Å². The maximum atomic E-state index is 12.9. The fourth-order valence-corrected chi connectivity index (χ4v) is 2.12. The first kappa shape index (κ1) is 13.1. The van der Waals surface area contributed by atoms with Gasteiger partial charge in [0.15, 0.2) is 0 Å². The van der Waals surface area contributed by atoms with Gasteiger partial charge in [0.05, 0.1) is 0 Å². The minimum absolute atomic E-state index is 0.259. The molecule has 0 unspecified atom stereocenters. The Kier molecular flexibility index (Phi) is 4.40. The van der Waals surface area contributed by atoms with Gasteiger partial charge in [-0.25, -0.2) is 4.39 Å². The molecular weight excluding hydrogens is 270 g/mol. The SMILES string of the molecule is Fc1ccc(C(=CCl)Cc2ccccc2Cl)cc1. The normalized spacial score (nSPS) is 11.6. The lowest BCUT2D eigenvalue weighted by Gasteiger charge is -2.08. The average molecular weight is 281 g/mol. The molecule has 18 heavy (non-hydrogen) atoms. The highest BCUT2D eigenvalue weighted by Gasteiger charge is 2.06. The largest absolute Gasteiger partial charge is 0.207 e. The molecule has 0 aromatic heterocycles. The first-order chi connectivity index (χ1) is 8.70. The number of halogens is 3. The van der Waals surface area contributed by atoms with Gasteiger partial charge in [0.1, 0.15) is 5.82 Å². The second kappa shape index (κ2) is 6.03. The zero-order valence-electron chi connectivity index (χ0n) is 9.54. The topological polar surface area (TPSA) is 0 Å². The number of benzene rings is 2. The molecule has 0 N–H and O–H groups in total. The van der Waals surface area contributed by atoms with Crippen LogP contribution in [0.2, 0.25) is 5.02 Å². The zero-order chi connectivity index (χ0) is 13.0. The fraction of sp³-hybridized carbons (Fsp3) is 0.0667. The molecule has 2 aromatic carbocycles. The molecular formula is C15H11Cl2F. The Morgan fingerprint density at radius 1 is 1.06 bits per heavy atom. The summed E-state index contributed by atoms with van der Waals surface area (Å²) in [5, 5.41) is 0.704. The third kappa shape index (κ3) is 3.12. The number of allylic oxidation sites excluding steroid dienone is 1. The van der Waals surface area contributed by atoms with E-state index in [0.29, 0.717) is 11.4 Å². The molecule has 0 aliphatic heterocycles. The molecule has 0 aliphatic carbocycles. The molecule has 0 bridgehead atoms. The highest BCUT2D eigenvalue weighted by molar-refractivity contribution is 6.31. The summed E-state index contributed by atoms with van der Waals surface area (Å²) in [6.07, 6.45) is 0.620. The maximum Gasteiger partial charge on any atom is 0.123 e. The van der Waals surface area contributed by atoms with E-state index in [1.165, 1.54) is 17.7 Å². The second-order valence-corrected chi connectivity index (χ2v) is 4.53. The van der Waals surface area contributed by atoms with Crippen molar-refractivity contribution in [3.63, 3.8) is 0 Å². The van der Waals surface area contributed by atoms with E-state index in [9.17, 15) is 4.39 Å². The lowest BCUT2D eigenvalue weighted by atomic mass is 10.00. The third-order valence-corrected chi connectivity index (χ3v) is 3.32.